The fourth-order valence-electron chi connectivity index (χ4n) is 1.90. The molecule has 0 radical (unpaired) electrons. The van der Waals surface area contributed by atoms with Crippen molar-refractivity contribution >= 4 is 5.97 Å². The van der Waals surface area contributed by atoms with Gasteiger partial charge in [0, 0.05) is 12.2 Å². The Kier molecular flexibility index (Phi) is 4.82. The number of hydrogen-bond donors (Lipinski definition) is 1. The van der Waals surface area contributed by atoms with Gasteiger partial charge in [0.25, 0.3) is 0 Å². The molecule has 0 aromatic heterocycles. The molecule has 0 aromatic rings. The zero-order valence-corrected chi connectivity index (χ0v) is 9.37. The molecule has 15 heavy (non-hydrogen) atoms. The highest BCUT2D eigenvalue weighted by Gasteiger charge is 2.21. The summed E-state index contributed by atoms with van der Waals surface area (Å²) in [7, 11) is 0. The Balaban J connectivity index is 2.19. The number of aliphatic hydroxyl groups excluding tert-OH is 1. The van der Waals surface area contributed by atoms with Gasteiger partial charge in [-0.15, -0.1) is 0 Å². The zero-order valence-electron chi connectivity index (χ0n) is 9.37. The number of carbonyl (C=O) groups excluding carboxylic acids is 1. The summed E-state index contributed by atoms with van der Waals surface area (Å²) in [5.74, 6) is 0.633. The van der Waals surface area contributed by atoms with Crippen LogP contribution in [0.3, 0.4) is 0 Å². The SMILES string of the molecule is C=C(C)C(=O)OCC1CCC(CO)CC1. The monoisotopic (exact) mass is 212 g/mol. The van der Waals surface area contributed by atoms with E-state index in [1.807, 2.05) is 0 Å². The Bertz CT molecular complexity index is 227. The summed E-state index contributed by atoms with van der Waals surface area (Å²) >= 11 is 0. The predicted octanol–water partition coefficient (Wildman–Crippen LogP) is 1.90. The van der Waals surface area contributed by atoms with Crippen LogP contribution in [-0.4, -0.2) is 24.3 Å². The van der Waals surface area contributed by atoms with Crippen LogP contribution >= 0.6 is 0 Å². The Morgan fingerprint density at radius 3 is 2.33 bits per heavy atom. The number of ether oxygens (including phenoxy) is 1. The van der Waals surface area contributed by atoms with E-state index in [0.717, 1.165) is 25.7 Å². The zero-order chi connectivity index (χ0) is 11.3. The highest BCUT2D eigenvalue weighted by molar-refractivity contribution is 5.86. The van der Waals surface area contributed by atoms with Gasteiger partial charge in [-0.05, 0) is 44.4 Å². The first-order chi connectivity index (χ1) is 7.13. The third-order valence-electron chi connectivity index (χ3n) is 3.02. The summed E-state index contributed by atoms with van der Waals surface area (Å²) < 4.78 is 5.11. The van der Waals surface area contributed by atoms with Crippen LogP contribution in [0, 0.1) is 11.8 Å². The second kappa shape index (κ2) is 5.91. The van der Waals surface area contributed by atoms with Crippen molar-refractivity contribution in [3.05, 3.63) is 12.2 Å². The molecule has 0 saturated heterocycles. The number of carbonyl (C=O) groups is 1. The smallest absolute Gasteiger partial charge is 0.333 e. The van der Waals surface area contributed by atoms with Gasteiger partial charge in [0.05, 0.1) is 6.61 Å². The molecule has 0 bridgehead atoms. The van der Waals surface area contributed by atoms with Crippen LogP contribution in [0.15, 0.2) is 12.2 Å². The first kappa shape index (κ1) is 12.2. The molecule has 0 heterocycles. The molecule has 1 aliphatic rings. The molecular weight excluding hydrogens is 192 g/mol. The molecule has 1 saturated carbocycles. The average Bonchev–Trinajstić information content (AvgIpc) is 2.26. The summed E-state index contributed by atoms with van der Waals surface area (Å²) in [5, 5.41) is 8.97. The Hall–Kier alpha value is -0.830. The van der Waals surface area contributed by atoms with Crippen LogP contribution < -0.4 is 0 Å². The maximum atomic E-state index is 11.1. The minimum absolute atomic E-state index is 0.290. The van der Waals surface area contributed by atoms with Gasteiger partial charge in [0.2, 0.25) is 0 Å². The quantitative estimate of drug-likeness (QED) is 0.572. The lowest BCUT2D eigenvalue weighted by atomic mass is 9.83. The Labute approximate surface area is 91.1 Å². The highest BCUT2D eigenvalue weighted by Crippen LogP contribution is 2.28. The van der Waals surface area contributed by atoms with Crippen LogP contribution in [0.2, 0.25) is 0 Å². The van der Waals surface area contributed by atoms with Crippen molar-refractivity contribution in [2.75, 3.05) is 13.2 Å². The summed E-state index contributed by atoms with van der Waals surface area (Å²) in [6.07, 6.45) is 4.20. The van der Waals surface area contributed by atoms with Crippen LogP contribution in [0.25, 0.3) is 0 Å². The minimum Gasteiger partial charge on any atom is -0.462 e. The second-order valence-electron chi connectivity index (χ2n) is 4.45. The van der Waals surface area contributed by atoms with Crippen LogP contribution in [0.1, 0.15) is 32.6 Å². The lowest BCUT2D eigenvalue weighted by Crippen LogP contribution is -2.22. The van der Waals surface area contributed by atoms with Crippen molar-refractivity contribution in [2.24, 2.45) is 11.8 Å². The van der Waals surface area contributed by atoms with E-state index in [9.17, 15) is 4.79 Å². The molecule has 0 aliphatic heterocycles. The minimum atomic E-state index is -0.292. The van der Waals surface area contributed by atoms with Crippen molar-refractivity contribution in [1.29, 1.82) is 0 Å². The molecular formula is C12H20O3. The molecule has 1 N–H and O–H groups in total. The van der Waals surface area contributed by atoms with Crippen LogP contribution in [-0.2, 0) is 9.53 Å². The van der Waals surface area contributed by atoms with E-state index in [2.05, 4.69) is 6.58 Å². The highest BCUT2D eigenvalue weighted by atomic mass is 16.5. The fourth-order valence-corrected chi connectivity index (χ4v) is 1.90. The first-order valence-corrected chi connectivity index (χ1v) is 5.57. The van der Waals surface area contributed by atoms with E-state index in [1.165, 1.54) is 0 Å². The molecule has 1 fully saturated rings. The third kappa shape index (κ3) is 4.04. The van der Waals surface area contributed by atoms with Crippen molar-refractivity contribution in [2.45, 2.75) is 32.6 Å². The Morgan fingerprint density at radius 2 is 1.87 bits per heavy atom. The van der Waals surface area contributed by atoms with E-state index >= 15 is 0 Å². The second-order valence-corrected chi connectivity index (χ2v) is 4.45. The predicted molar refractivity (Wildman–Crippen MR) is 58.3 cm³/mol. The van der Waals surface area contributed by atoms with Crippen molar-refractivity contribution in [1.82, 2.24) is 0 Å². The van der Waals surface area contributed by atoms with Crippen molar-refractivity contribution in [3.8, 4) is 0 Å². The van der Waals surface area contributed by atoms with Crippen molar-refractivity contribution in [3.63, 3.8) is 0 Å². The van der Waals surface area contributed by atoms with Gasteiger partial charge < -0.3 is 9.84 Å². The molecule has 1 rings (SSSR count). The van der Waals surface area contributed by atoms with Gasteiger partial charge in [0.1, 0.15) is 0 Å². The van der Waals surface area contributed by atoms with E-state index in [-0.39, 0.29) is 12.6 Å². The van der Waals surface area contributed by atoms with Gasteiger partial charge in [-0.25, -0.2) is 4.79 Å². The van der Waals surface area contributed by atoms with Gasteiger partial charge in [-0.2, -0.15) is 0 Å². The van der Waals surface area contributed by atoms with Gasteiger partial charge in [0.15, 0.2) is 0 Å². The van der Waals surface area contributed by atoms with E-state index < -0.39 is 0 Å². The normalized spacial score (nSPS) is 26.0. The topological polar surface area (TPSA) is 46.5 Å². The first-order valence-electron chi connectivity index (χ1n) is 5.57. The number of esters is 1. The lowest BCUT2D eigenvalue weighted by molar-refractivity contribution is -0.140. The molecule has 1 aliphatic carbocycles. The van der Waals surface area contributed by atoms with E-state index in [0.29, 0.717) is 24.0 Å². The number of hydrogen-bond acceptors (Lipinski definition) is 3. The summed E-state index contributed by atoms with van der Waals surface area (Å²) in [6.45, 7) is 5.99. The summed E-state index contributed by atoms with van der Waals surface area (Å²) in [4.78, 5) is 11.1. The molecule has 0 amide bonds. The van der Waals surface area contributed by atoms with Gasteiger partial charge >= 0.3 is 5.97 Å². The van der Waals surface area contributed by atoms with Crippen molar-refractivity contribution < 1.29 is 14.6 Å². The summed E-state index contributed by atoms with van der Waals surface area (Å²) in [5.41, 5.74) is 0.457. The largest absolute Gasteiger partial charge is 0.462 e. The molecule has 86 valence electrons. The third-order valence-corrected chi connectivity index (χ3v) is 3.02. The van der Waals surface area contributed by atoms with E-state index in [1.54, 1.807) is 6.92 Å². The molecule has 3 nitrogen and oxygen atoms in total. The van der Waals surface area contributed by atoms with Gasteiger partial charge in [-0.3, -0.25) is 0 Å². The number of aliphatic hydroxyl groups is 1. The van der Waals surface area contributed by atoms with E-state index in [4.69, 9.17) is 9.84 Å². The average molecular weight is 212 g/mol. The Morgan fingerprint density at radius 1 is 1.33 bits per heavy atom. The fraction of sp³-hybridized carbons (Fsp3) is 0.750. The lowest BCUT2D eigenvalue weighted by Gasteiger charge is -2.26. The summed E-state index contributed by atoms with van der Waals surface area (Å²) in [6, 6.07) is 0. The molecule has 0 atom stereocenters. The van der Waals surface area contributed by atoms with Crippen LogP contribution in [0.4, 0.5) is 0 Å². The van der Waals surface area contributed by atoms with Crippen LogP contribution in [0.5, 0.6) is 0 Å². The van der Waals surface area contributed by atoms with Gasteiger partial charge in [-0.1, -0.05) is 6.58 Å². The molecule has 3 heteroatoms. The standard InChI is InChI=1S/C12H20O3/c1-9(2)12(14)15-8-11-5-3-10(7-13)4-6-11/h10-11,13H,1,3-8H2,2H3. The number of rotatable bonds is 4. The maximum Gasteiger partial charge on any atom is 0.333 e. The molecule has 0 unspecified atom stereocenters. The molecule has 0 spiro atoms. The molecule has 0 aromatic carbocycles. The maximum absolute atomic E-state index is 11.1.